The normalized spacial score (nSPS) is 11.6. The monoisotopic (exact) mass is 375 g/mol. The van der Waals surface area contributed by atoms with E-state index in [4.69, 9.17) is 21.9 Å². The molecule has 0 aliphatic carbocycles. The van der Waals surface area contributed by atoms with Gasteiger partial charge in [-0.2, -0.15) is 4.98 Å². The van der Waals surface area contributed by atoms with Crippen LogP contribution in [0.25, 0.3) is 11.4 Å². The minimum absolute atomic E-state index is 0.422. The summed E-state index contributed by atoms with van der Waals surface area (Å²) in [5, 5.41) is 9.72. The van der Waals surface area contributed by atoms with E-state index >= 15 is 0 Å². The van der Waals surface area contributed by atoms with E-state index in [1.54, 1.807) is 23.5 Å². The fourth-order valence-electron chi connectivity index (χ4n) is 2.20. The highest BCUT2D eigenvalue weighted by atomic mass is 35.5. The molecule has 0 unspecified atom stereocenters. The van der Waals surface area contributed by atoms with Gasteiger partial charge in [-0.3, -0.25) is 4.99 Å². The molecule has 0 bridgehead atoms. The van der Waals surface area contributed by atoms with E-state index in [2.05, 4.69) is 31.9 Å². The van der Waals surface area contributed by atoms with Crippen LogP contribution in [0, 0.1) is 0 Å². The SMILES string of the molecule is NC(=NCCc1cccs1)NCCc1nc(-c2cccc(Cl)c2)no1. The molecule has 6 nitrogen and oxygen atoms in total. The zero-order valence-electron chi connectivity index (χ0n) is 13.5. The minimum atomic E-state index is 0.422. The molecular formula is C17H18ClN5OS. The number of nitrogens with zero attached hydrogens (tertiary/aromatic N) is 3. The van der Waals surface area contributed by atoms with Gasteiger partial charge in [-0.25, -0.2) is 0 Å². The molecule has 1 aromatic carbocycles. The molecular weight excluding hydrogens is 358 g/mol. The van der Waals surface area contributed by atoms with E-state index < -0.39 is 0 Å². The molecule has 0 amide bonds. The van der Waals surface area contributed by atoms with E-state index in [1.807, 2.05) is 18.2 Å². The summed E-state index contributed by atoms with van der Waals surface area (Å²) in [6, 6.07) is 11.5. The second-order valence-electron chi connectivity index (χ2n) is 5.30. The third kappa shape index (κ3) is 5.30. The lowest BCUT2D eigenvalue weighted by Gasteiger charge is -2.03. The Morgan fingerprint density at radius 2 is 2.20 bits per heavy atom. The van der Waals surface area contributed by atoms with Gasteiger partial charge < -0.3 is 15.6 Å². The average molecular weight is 376 g/mol. The van der Waals surface area contributed by atoms with Crippen molar-refractivity contribution in [2.45, 2.75) is 12.8 Å². The van der Waals surface area contributed by atoms with Crippen LogP contribution in [0.1, 0.15) is 10.8 Å². The summed E-state index contributed by atoms with van der Waals surface area (Å²) >= 11 is 7.70. The highest BCUT2D eigenvalue weighted by Gasteiger charge is 2.08. The Labute approximate surface area is 154 Å². The molecule has 0 spiro atoms. The number of aromatic nitrogens is 2. The van der Waals surface area contributed by atoms with Crippen LogP contribution in [-0.2, 0) is 12.8 Å². The molecule has 0 radical (unpaired) electrons. The van der Waals surface area contributed by atoms with Crippen LogP contribution in [0.3, 0.4) is 0 Å². The summed E-state index contributed by atoms with van der Waals surface area (Å²) in [6.45, 7) is 1.24. The number of benzene rings is 1. The van der Waals surface area contributed by atoms with Gasteiger partial charge in [-0.15, -0.1) is 11.3 Å². The summed E-state index contributed by atoms with van der Waals surface area (Å²) in [5.41, 5.74) is 6.68. The lowest BCUT2D eigenvalue weighted by molar-refractivity contribution is 0.379. The van der Waals surface area contributed by atoms with Crippen molar-refractivity contribution in [1.82, 2.24) is 15.5 Å². The van der Waals surface area contributed by atoms with Crippen LogP contribution in [0.2, 0.25) is 5.02 Å². The largest absolute Gasteiger partial charge is 0.370 e. The zero-order valence-corrected chi connectivity index (χ0v) is 15.1. The summed E-state index contributed by atoms with van der Waals surface area (Å²) < 4.78 is 5.25. The van der Waals surface area contributed by atoms with Gasteiger partial charge in [-0.1, -0.05) is 35.0 Å². The van der Waals surface area contributed by atoms with E-state index in [0.717, 1.165) is 12.0 Å². The predicted octanol–water partition coefficient (Wildman–Crippen LogP) is 3.14. The van der Waals surface area contributed by atoms with Crippen LogP contribution in [0.4, 0.5) is 0 Å². The maximum absolute atomic E-state index is 5.97. The fraction of sp³-hybridized carbons (Fsp3) is 0.235. The topological polar surface area (TPSA) is 89.3 Å². The standard InChI is InChI=1S/C17H18ClN5OS/c18-13-4-1-3-12(11-13)16-22-15(24-23-16)7-9-21-17(19)20-8-6-14-5-2-10-25-14/h1-5,10-11H,6-9H2,(H3,19,20,21). The number of guanidine groups is 1. The van der Waals surface area contributed by atoms with Gasteiger partial charge in [0.25, 0.3) is 0 Å². The van der Waals surface area contributed by atoms with Gasteiger partial charge in [0, 0.05) is 41.4 Å². The Morgan fingerprint density at radius 3 is 3.00 bits per heavy atom. The molecule has 0 aliphatic heterocycles. The molecule has 0 aliphatic rings. The quantitative estimate of drug-likeness (QED) is 0.489. The lowest BCUT2D eigenvalue weighted by atomic mass is 10.2. The van der Waals surface area contributed by atoms with Crippen molar-refractivity contribution in [3.63, 3.8) is 0 Å². The number of aliphatic imine (C=N–C) groups is 1. The molecule has 25 heavy (non-hydrogen) atoms. The summed E-state index contributed by atoms with van der Waals surface area (Å²) in [4.78, 5) is 9.96. The Bertz CT molecular complexity index is 831. The smallest absolute Gasteiger partial charge is 0.228 e. The molecule has 3 aromatic rings. The van der Waals surface area contributed by atoms with Crippen molar-refractivity contribution in [3.8, 4) is 11.4 Å². The van der Waals surface area contributed by atoms with Gasteiger partial charge in [0.05, 0.1) is 0 Å². The van der Waals surface area contributed by atoms with Crippen molar-refractivity contribution < 1.29 is 4.52 Å². The van der Waals surface area contributed by atoms with Crippen molar-refractivity contribution in [3.05, 3.63) is 57.6 Å². The molecule has 0 saturated carbocycles. The first-order valence-corrected chi connectivity index (χ1v) is 9.11. The lowest BCUT2D eigenvalue weighted by Crippen LogP contribution is -2.33. The molecule has 3 N–H and O–H groups in total. The van der Waals surface area contributed by atoms with Crippen LogP contribution in [0.15, 0.2) is 51.3 Å². The van der Waals surface area contributed by atoms with Crippen LogP contribution in [-0.4, -0.2) is 29.2 Å². The third-order valence-electron chi connectivity index (χ3n) is 3.42. The number of nitrogens with one attached hydrogen (secondary N) is 1. The van der Waals surface area contributed by atoms with Crippen molar-refractivity contribution in [1.29, 1.82) is 0 Å². The summed E-state index contributed by atoms with van der Waals surface area (Å²) in [5.74, 6) is 1.48. The second-order valence-corrected chi connectivity index (χ2v) is 6.76. The maximum Gasteiger partial charge on any atom is 0.228 e. The van der Waals surface area contributed by atoms with Crippen LogP contribution >= 0.6 is 22.9 Å². The number of hydrogen-bond donors (Lipinski definition) is 2. The molecule has 0 atom stereocenters. The summed E-state index contributed by atoms with van der Waals surface area (Å²) in [7, 11) is 0. The Kier molecular flexibility index (Phi) is 6.03. The molecule has 2 aromatic heterocycles. The van der Waals surface area contributed by atoms with Gasteiger partial charge in [0.2, 0.25) is 11.7 Å². The van der Waals surface area contributed by atoms with Crippen molar-refractivity contribution in [2.75, 3.05) is 13.1 Å². The first-order chi connectivity index (χ1) is 12.2. The van der Waals surface area contributed by atoms with E-state index in [9.17, 15) is 0 Å². The Morgan fingerprint density at radius 1 is 1.28 bits per heavy atom. The Hall–Kier alpha value is -2.38. The van der Waals surface area contributed by atoms with Gasteiger partial charge in [-0.05, 0) is 23.6 Å². The van der Waals surface area contributed by atoms with Crippen molar-refractivity contribution in [2.24, 2.45) is 10.7 Å². The molecule has 130 valence electrons. The highest BCUT2D eigenvalue weighted by Crippen LogP contribution is 2.19. The summed E-state index contributed by atoms with van der Waals surface area (Å²) in [6.07, 6.45) is 1.46. The third-order valence-corrected chi connectivity index (χ3v) is 4.59. The number of hydrogen-bond acceptors (Lipinski definition) is 5. The average Bonchev–Trinajstić information content (AvgIpc) is 3.27. The van der Waals surface area contributed by atoms with E-state index in [0.29, 0.717) is 42.2 Å². The zero-order chi connectivity index (χ0) is 17.5. The number of thiophene rings is 1. The number of nitrogens with two attached hydrogens (primary N) is 1. The number of halogens is 1. The van der Waals surface area contributed by atoms with Gasteiger partial charge in [0.1, 0.15) is 0 Å². The van der Waals surface area contributed by atoms with Crippen LogP contribution < -0.4 is 11.1 Å². The molecule has 0 saturated heterocycles. The van der Waals surface area contributed by atoms with Crippen molar-refractivity contribution >= 4 is 28.9 Å². The van der Waals surface area contributed by atoms with E-state index in [-0.39, 0.29) is 0 Å². The highest BCUT2D eigenvalue weighted by molar-refractivity contribution is 7.09. The molecule has 3 rings (SSSR count). The maximum atomic E-state index is 5.97. The Balaban J connectivity index is 1.44. The predicted molar refractivity (Wildman–Crippen MR) is 101 cm³/mol. The molecule has 8 heteroatoms. The number of rotatable bonds is 7. The van der Waals surface area contributed by atoms with Gasteiger partial charge in [0.15, 0.2) is 5.96 Å². The van der Waals surface area contributed by atoms with E-state index in [1.165, 1.54) is 4.88 Å². The molecule has 0 fully saturated rings. The van der Waals surface area contributed by atoms with Gasteiger partial charge >= 0.3 is 0 Å². The van der Waals surface area contributed by atoms with Crippen LogP contribution in [0.5, 0.6) is 0 Å². The fourth-order valence-corrected chi connectivity index (χ4v) is 3.08. The first-order valence-electron chi connectivity index (χ1n) is 7.85. The first kappa shape index (κ1) is 17.4. The minimum Gasteiger partial charge on any atom is -0.370 e. The second kappa shape index (κ2) is 8.64. The molecule has 2 heterocycles.